The Morgan fingerprint density at radius 1 is 1.07 bits per heavy atom. The SMILES string of the molecule is CCOC(=O)c1ccc2nc(NC(=O)NCc3cccc4ccccc34)sc2c1. The van der Waals surface area contributed by atoms with Crippen LogP contribution in [0.15, 0.2) is 60.7 Å². The Morgan fingerprint density at radius 2 is 1.90 bits per heavy atom. The molecule has 0 radical (unpaired) electrons. The third-order valence-electron chi connectivity index (χ3n) is 4.44. The second kappa shape index (κ2) is 8.28. The summed E-state index contributed by atoms with van der Waals surface area (Å²) in [6.45, 7) is 2.50. The molecule has 0 fully saturated rings. The number of hydrogen-bond donors (Lipinski definition) is 2. The molecule has 4 rings (SSSR count). The second-order valence-corrected chi connectivity index (χ2v) is 7.40. The maximum absolute atomic E-state index is 12.3. The van der Waals surface area contributed by atoms with Crippen LogP contribution in [0, 0.1) is 0 Å². The van der Waals surface area contributed by atoms with E-state index in [4.69, 9.17) is 4.74 Å². The van der Waals surface area contributed by atoms with E-state index in [1.54, 1.807) is 25.1 Å². The fourth-order valence-corrected chi connectivity index (χ4v) is 3.98. The topological polar surface area (TPSA) is 80.3 Å². The number of anilines is 1. The molecule has 2 N–H and O–H groups in total. The van der Waals surface area contributed by atoms with Crippen molar-refractivity contribution < 1.29 is 14.3 Å². The van der Waals surface area contributed by atoms with E-state index in [1.165, 1.54) is 11.3 Å². The fraction of sp³-hybridized carbons (Fsp3) is 0.136. The van der Waals surface area contributed by atoms with Gasteiger partial charge in [-0.15, -0.1) is 0 Å². The van der Waals surface area contributed by atoms with E-state index in [0.29, 0.717) is 29.4 Å². The highest BCUT2D eigenvalue weighted by atomic mass is 32.1. The number of benzene rings is 3. The molecule has 1 aromatic heterocycles. The lowest BCUT2D eigenvalue weighted by Crippen LogP contribution is -2.28. The number of nitrogens with one attached hydrogen (secondary N) is 2. The molecule has 2 amide bonds. The van der Waals surface area contributed by atoms with Crippen molar-refractivity contribution in [2.45, 2.75) is 13.5 Å². The minimum absolute atomic E-state index is 0.323. The largest absolute Gasteiger partial charge is 0.462 e. The zero-order chi connectivity index (χ0) is 20.2. The zero-order valence-corrected chi connectivity index (χ0v) is 16.6. The Balaban J connectivity index is 1.44. The number of amides is 2. The molecule has 4 aromatic rings. The van der Waals surface area contributed by atoms with Gasteiger partial charge in [0.25, 0.3) is 0 Å². The molecule has 0 spiro atoms. The fourth-order valence-electron chi connectivity index (χ4n) is 3.08. The molecule has 6 nitrogen and oxygen atoms in total. The number of hydrogen-bond acceptors (Lipinski definition) is 5. The Labute approximate surface area is 171 Å². The van der Waals surface area contributed by atoms with E-state index in [2.05, 4.69) is 15.6 Å². The molecular formula is C22H19N3O3S. The number of carbonyl (C=O) groups is 2. The van der Waals surface area contributed by atoms with Crippen LogP contribution in [0.1, 0.15) is 22.8 Å². The Bertz CT molecular complexity index is 1200. The highest BCUT2D eigenvalue weighted by Crippen LogP contribution is 2.27. The third kappa shape index (κ3) is 4.20. The predicted molar refractivity (Wildman–Crippen MR) is 115 cm³/mol. The maximum Gasteiger partial charge on any atom is 0.338 e. The van der Waals surface area contributed by atoms with Gasteiger partial charge in [-0.3, -0.25) is 5.32 Å². The molecule has 0 saturated carbocycles. The van der Waals surface area contributed by atoms with E-state index in [1.807, 2.05) is 42.5 Å². The van der Waals surface area contributed by atoms with E-state index in [0.717, 1.165) is 21.0 Å². The van der Waals surface area contributed by atoms with Crippen LogP contribution >= 0.6 is 11.3 Å². The second-order valence-electron chi connectivity index (χ2n) is 6.37. The Morgan fingerprint density at radius 3 is 2.76 bits per heavy atom. The number of carbonyl (C=O) groups excluding carboxylic acids is 2. The van der Waals surface area contributed by atoms with Gasteiger partial charge in [-0.2, -0.15) is 0 Å². The lowest BCUT2D eigenvalue weighted by Gasteiger charge is -2.08. The van der Waals surface area contributed by atoms with Crippen molar-refractivity contribution in [2.24, 2.45) is 0 Å². The van der Waals surface area contributed by atoms with Gasteiger partial charge in [0.1, 0.15) is 0 Å². The predicted octanol–water partition coefficient (Wildman–Crippen LogP) is 4.95. The van der Waals surface area contributed by atoms with Crippen molar-refractivity contribution in [1.29, 1.82) is 0 Å². The summed E-state index contributed by atoms with van der Waals surface area (Å²) in [5.41, 5.74) is 2.23. The number of nitrogens with zero attached hydrogens (tertiary/aromatic N) is 1. The van der Waals surface area contributed by atoms with Crippen molar-refractivity contribution in [1.82, 2.24) is 10.3 Å². The number of aromatic nitrogens is 1. The van der Waals surface area contributed by atoms with Gasteiger partial charge in [0, 0.05) is 6.54 Å². The van der Waals surface area contributed by atoms with Crippen LogP contribution in [-0.4, -0.2) is 23.6 Å². The lowest BCUT2D eigenvalue weighted by atomic mass is 10.0. The van der Waals surface area contributed by atoms with Crippen molar-refractivity contribution >= 4 is 49.5 Å². The molecule has 0 aliphatic heterocycles. The molecule has 0 atom stereocenters. The van der Waals surface area contributed by atoms with E-state index >= 15 is 0 Å². The van der Waals surface area contributed by atoms with Crippen molar-refractivity contribution in [3.05, 3.63) is 71.8 Å². The number of esters is 1. The Kier molecular flexibility index (Phi) is 5.39. The van der Waals surface area contributed by atoms with Crippen LogP contribution in [0.4, 0.5) is 9.93 Å². The lowest BCUT2D eigenvalue weighted by molar-refractivity contribution is 0.0526. The summed E-state index contributed by atoms with van der Waals surface area (Å²) in [4.78, 5) is 28.6. The third-order valence-corrected chi connectivity index (χ3v) is 5.37. The van der Waals surface area contributed by atoms with Crippen LogP contribution in [0.2, 0.25) is 0 Å². The van der Waals surface area contributed by atoms with Crippen LogP contribution in [0.5, 0.6) is 0 Å². The van der Waals surface area contributed by atoms with Gasteiger partial charge in [-0.1, -0.05) is 53.8 Å². The molecule has 0 aliphatic carbocycles. The number of fused-ring (bicyclic) bond motifs is 2. The molecule has 7 heteroatoms. The van der Waals surface area contributed by atoms with Crippen LogP contribution in [-0.2, 0) is 11.3 Å². The summed E-state index contributed by atoms with van der Waals surface area (Å²) in [6, 6.07) is 18.9. The van der Waals surface area contributed by atoms with Gasteiger partial charge in [-0.05, 0) is 41.5 Å². The minimum Gasteiger partial charge on any atom is -0.462 e. The molecule has 0 bridgehead atoms. The molecule has 29 heavy (non-hydrogen) atoms. The summed E-state index contributed by atoms with van der Waals surface area (Å²) in [5.74, 6) is -0.370. The highest BCUT2D eigenvalue weighted by molar-refractivity contribution is 7.22. The summed E-state index contributed by atoms with van der Waals surface area (Å²) in [5, 5.41) is 8.35. The van der Waals surface area contributed by atoms with Gasteiger partial charge in [-0.25, -0.2) is 14.6 Å². The minimum atomic E-state index is -0.370. The van der Waals surface area contributed by atoms with E-state index in [-0.39, 0.29) is 12.0 Å². The Hall–Kier alpha value is -3.45. The smallest absolute Gasteiger partial charge is 0.338 e. The first kappa shape index (κ1) is 18.9. The van der Waals surface area contributed by atoms with Crippen LogP contribution < -0.4 is 10.6 Å². The maximum atomic E-state index is 12.3. The van der Waals surface area contributed by atoms with Crippen LogP contribution in [0.3, 0.4) is 0 Å². The van der Waals surface area contributed by atoms with Crippen molar-refractivity contribution in [3.63, 3.8) is 0 Å². The summed E-state index contributed by atoms with van der Waals surface area (Å²) in [7, 11) is 0. The van der Waals surface area contributed by atoms with Crippen molar-refractivity contribution in [2.75, 3.05) is 11.9 Å². The molecular weight excluding hydrogens is 386 g/mol. The average molecular weight is 405 g/mol. The van der Waals surface area contributed by atoms with Gasteiger partial charge in [0.2, 0.25) is 0 Å². The van der Waals surface area contributed by atoms with Gasteiger partial charge < -0.3 is 10.1 Å². The van der Waals surface area contributed by atoms with Gasteiger partial charge in [0.15, 0.2) is 5.13 Å². The van der Waals surface area contributed by atoms with Gasteiger partial charge >= 0.3 is 12.0 Å². The normalized spacial score (nSPS) is 10.8. The number of thiazole rings is 1. The summed E-state index contributed by atoms with van der Waals surface area (Å²) >= 11 is 1.31. The quantitative estimate of drug-likeness (QED) is 0.461. The first-order chi connectivity index (χ1) is 14.1. The van der Waals surface area contributed by atoms with E-state index < -0.39 is 0 Å². The van der Waals surface area contributed by atoms with Crippen LogP contribution in [0.25, 0.3) is 21.0 Å². The summed E-state index contributed by atoms with van der Waals surface area (Å²) < 4.78 is 5.82. The van der Waals surface area contributed by atoms with E-state index in [9.17, 15) is 9.59 Å². The molecule has 0 unspecified atom stereocenters. The first-order valence-electron chi connectivity index (χ1n) is 9.23. The zero-order valence-electron chi connectivity index (χ0n) is 15.8. The highest BCUT2D eigenvalue weighted by Gasteiger charge is 2.12. The van der Waals surface area contributed by atoms with Crippen molar-refractivity contribution in [3.8, 4) is 0 Å². The average Bonchev–Trinajstić information content (AvgIpc) is 3.13. The molecule has 146 valence electrons. The molecule has 3 aromatic carbocycles. The monoisotopic (exact) mass is 405 g/mol. The molecule has 1 heterocycles. The number of rotatable bonds is 5. The first-order valence-corrected chi connectivity index (χ1v) is 10.0. The van der Waals surface area contributed by atoms with Gasteiger partial charge in [0.05, 0.1) is 22.4 Å². The molecule has 0 aliphatic rings. The standard InChI is InChI=1S/C22H19N3O3S/c1-2-28-20(26)15-10-11-18-19(12-15)29-22(24-18)25-21(27)23-13-16-8-5-7-14-6-3-4-9-17(14)16/h3-12H,2,13H2,1H3,(H2,23,24,25,27). The summed E-state index contributed by atoms with van der Waals surface area (Å²) in [6.07, 6.45) is 0. The number of urea groups is 1. The molecule has 0 saturated heterocycles. The number of ether oxygens (including phenoxy) is 1.